The molecule has 3 atom stereocenters. The van der Waals surface area contributed by atoms with E-state index in [-0.39, 0.29) is 6.10 Å². The Kier molecular flexibility index (Phi) is 3.29. The summed E-state index contributed by atoms with van der Waals surface area (Å²) < 4.78 is 0. The molecule has 0 aromatic heterocycles. The molecule has 0 bridgehead atoms. The Morgan fingerprint density at radius 3 is 2.56 bits per heavy atom. The predicted molar refractivity (Wildman–Crippen MR) is 74.8 cm³/mol. The van der Waals surface area contributed by atoms with Gasteiger partial charge in [-0.1, -0.05) is 18.6 Å². The maximum absolute atomic E-state index is 9.56. The Morgan fingerprint density at radius 1 is 1.11 bits per heavy atom. The van der Waals surface area contributed by atoms with E-state index < -0.39 is 0 Å². The summed E-state index contributed by atoms with van der Waals surface area (Å²) in [7, 11) is 0. The van der Waals surface area contributed by atoms with Crippen molar-refractivity contribution in [2.75, 3.05) is 11.4 Å². The molecule has 1 saturated carbocycles. The molecule has 3 rings (SSSR count). The Bertz CT molecular complexity index is 398. The Labute approximate surface area is 110 Å². The van der Waals surface area contributed by atoms with Crippen LogP contribution in [0.4, 0.5) is 5.69 Å². The second-order valence-electron chi connectivity index (χ2n) is 5.86. The maximum Gasteiger partial charge on any atom is 0.0761 e. The van der Waals surface area contributed by atoms with Gasteiger partial charge in [-0.15, -0.1) is 0 Å². The fourth-order valence-corrected chi connectivity index (χ4v) is 3.72. The van der Waals surface area contributed by atoms with Crippen molar-refractivity contribution in [1.82, 2.24) is 0 Å². The molecular weight excluding hydrogens is 222 g/mol. The van der Waals surface area contributed by atoms with Gasteiger partial charge >= 0.3 is 0 Å². The van der Waals surface area contributed by atoms with Gasteiger partial charge in [0.05, 0.1) is 6.10 Å². The predicted octanol–water partition coefficient (Wildman–Crippen LogP) is 3.51. The van der Waals surface area contributed by atoms with Gasteiger partial charge < -0.3 is 10.0 Å². The van der Waals surface area contributed by atoms with Gasteiger partial charge in [0.25, 0.3) is 0 Å². The number of hydrogen-bond acceptors (Lipinski definition) is 2. The van der Waals surface area contributed by atoms with Crippen LogP contribution in [0.15, 0.2) is 24.3 Å². The van der Waals surface area contributed by atoms with Crippen LogP contribution in [0.1, 0.15) is 50.7 Å². The van der Waals surface area contributed by atoms with Gasteiger partial charge in [0, 0.05) is 18.3 Å². The molecule has 2 nitrogen and oxygen atoms in total. The van der Waals surface area contributed by atoms with E-state index in [1.165, 1.54) is 44.3 Å². The van der Waals surface area contributed by atoms with E-state index in [1.807, 2.05) is 6.92 Å². The molecule has 98 valence electrons. The van der Waals surface area contributed by atoms with E-state index in [1.54, 1.807) is 0 Å². The summed E-state index contributed by atoms with van der Waals surface area (Å²) in [4.78, 5) is 2.60. The van der Waals surface area contributed by atoms with Crippen LogP contribution in [0, 0.1) is 5.92 Å². The molecule has 1 heterocycles. The normalized spacial score (nSPS) is 29.1. The lowest BCUT2D eigenvalue weighted by atomic mass is 9.91. The van der Waals surface area contributed by atoms with Gasteiger partial charge in [-0.05, 0) is 56.2 Å². The Balaban J connectivity index is 1.80. The van der Waals surface area contributed by atoms with E-state index in [9.17, 15) is 5.11 Å². The van der Waals surface area contributed by atoms with Crippen LogP contribution in [-0.4, -0.2) is 17.7 Å². The summed E-state index contributed by atoms with van der Waals surface area (Å²) in [5.74, 6) is 0.926. The van der Waals surface area contributed by atoms with Gasteiger partial charge in [0.15, 0.2) is 0 Å². The SMILES string of the molecule is CC(O)c1ccc(N2CCCC3CCCC32)cc1. The Morgan fingerprint density at radius 2 is 1.83 bits per heavy atom. The van der Waals surface area contributed by atoms with E-state index in [0.29, 0.717) is 0 Å². The smallest absolute Gasteiger partial charge is 0.0761 e. The molecule has 1 aliphatic carbocycles. The van der Waals surface area contributed by atoms with Crippen molar-refractivity contribution in [1.29, 1.82) is 0 Å². The van der Waals surface area contributed by atoms with Crippen molar-refractivity contribution in [3.63, 3.8) is 0 Å². The van der Waals surface area contributed by atoms with Crippen molar-refractivity contribution in [2.24, 2.45) is 5.92 Å². The lowest BCUT2D eigenvalue weighted by Gasteiger charge is -2.39. The second kappa shape index (κ2) is 4.93. The van der Waals surface area contributed by atoms with Crippen molar-refractivity contribution >= 4 is 5.69 Å². The molecule has 0 spiro atoms. The molecule has 2 heteroatoms. The van der Waals surface area contributed by atoms with Crippen LogP contribution in [0.2, 0.25) is 0 Å². The van der Waals surface area contributed by atoms with Gasteiger partial charge in [0.1, 0.15) is 0 Å². The van der Waals surface area contributed by atoms with Gasteiger partial charge in [-0.3, -0.25) is 0 Å². The van der Waals surface area contributed by atoms with Crippen LogP contribution in [0.5, 0.6) is 0 Å². The first-order valence-electron chi connectivity index (χ1n) is 7.30. The van der Waals surface area contributed by atoms with Crippen LogP contribution in [-0.2, 0) is 0 Å². The fourth-order valence-electron chi connectivity index (χ4n) is 3.72. The summed E-state index contributed by atoms with van der Waals surface area (Å²) >= 11 is 0. The van der Waals surface area contributed by atoms with Gasteiger partial charge in [-0.25, -0.2) is 0 Å². The molecule has 1 aromatic carbocycles. The third-order valence-electron chi connectivity index (χ3n) is 4.70. The van der Waals surface area contributed by atoms with Crippen LogP contribution >= 0.6 is 0 Å². The zero-order chi connectivity index (χ0) is 12.5. The number of nitrogens with zero attached hydrogens (tertiary/aromatic N) is 1. The molecule has 1 aliphatic heterocycles. The summed E-state index contributed by atoms with van der Waals surface area (Å²) in [5.41, 5.74) is 2.36. The molecule has 0 radical (unpaired) electrons. The number of benzene rings is 1. The zero-order valence-electron chi connectivity index (χ0n) is 11.2. The highest BCUT2D eigenvalue weighted by Gasteiger charge is 2.34. The molecular formula is C16H23NO. The molecule has 1 saturated heterocycles. The standard InChI is InChI=1S/C16H23NO/c1-12(18)13-7-9-15(10-8-13)17-11-3-5-14-4-2-6-16(14)17/h7-10,12,14,16,18H,2-6,11H2,1H3. The number of fused-ring (bicyclic) bond motifs is 1. The minimum Gasteiger partial charge on any atom is -0.389 e. The third-order valence-corrected chi connectivity index (χ3v) is 4.70. The number of anilines is 1. The van der Waals surface area contributed by atoms with Gasteiger partial charge in [0.2, 0.25) is 0 Å². The first-order valence-corrected chi connectivity index (χ1v) is 7.30. The second-order valence-corrected chi connectivity index (χ2v) is 5.86. The van der Waals surface area contributed by atoms with Crippen molar-refractivity contribution in [2.45, 2.75) is 51.2 Å². The average Bonchev–Trinajstić information content (AvgIpc) is 2.87. The van der Waals surface area contributed by atoms with E-state index >= 15 is 0 Å². The van der Waals surface area contributed by atoms with Gasteiger partial charge in [-0.2, -0.15) is 0 Å². The number of hydrogen-bond donors (Lipinski definition) is 1. The van der Waals surface area contributed by atoms with E-state index in [2.05, 4.69) is 29.2 Å². The molecule has 2 aliphatic rings. The summed E-state index contributed by atoms with van der Waals surface area (Å²) in [6.07, 6.45) is 6.58. The fraction of sp³-hybridized carbons (Fsp3) is 0.625. The number of rotatable bonds is 2. The molecule has 18 heavy (non-hydrogen) atoms. The molecule has 1 aromatic rings. The number of aliphatic hydroxyl groups is 1. The van der Waals surface area contributed by atoms with Crippen LogP contribution in [0.25, 0.3) is 0 Å². The minimum absolute atomic E-state index is 0.361. The topological polar surface area (TPSA) is 23.5 Å². The lowest BCUT2D eigenvalue weighted by molar-refractivity contribution is 0.199. The minimum atomic E-state index is -0.361. The highest BCUT2D eigenvalue weighted by molar-refractivity contribution is 5.49. The highest BCUT2D eigenvalue weighted by Crippen LogP contribution is 2.39. The molecule has 1 N–H and O–H groups in total. The van der Waals surface area contributed by atoms with Crippen molar-refractivity contribution in [3.8, 4) is 0 Å². The first-order chi connectivity index (χ1) is 8.75. The first kappa shape index (κ1) is 12.0. The van der Waals surface area contributed by atoms with Crippen molar-refractivity contribution < 1.29 is 5.11 Å². The average molecular weight is 245 g/mol. The molecule has 0 amide bonds. The molecule has 3 unspecified atom stereocenters. The third kappa shape index (κ3) is 2.14. The zero-order valence-corrected chi connectivity index (χ0v) is 11.2. The van der Waals surface area contributed by atoms with Crippen LogP contribution < -0.4 is 4.90 Å². The largest absolute Gasteiger partial charge is 0.389 e. The quantitative estimate of drug-likeness (QED) is 0.862. The summed E-state index contributed by atoms with van der Waals surface area (Å²) in [6, 6.07) is 9.28. The van der Waals surface area contributed by atoms with E-state index in [4.69, 9.17) is 0 Å². The highest BCUT2D eigenvalue weighted by atomic mass is 16.3. The summed E-state index contributed by atoms with van der Waals surface area (Å²) in [5, 5.41) is 9.56. The van der Waals surface area contributed by atoms with E-state index in [0.717, 1.165) is 17.5 Å². The Hall–Kier alpha value is -1.02. The number of piperidine rings is 1. The molecule has 2 fully saturated rings. The maximum atomic E-state index is 9.56. The monoisotopic (exact) mass is 245 g/mol. The lowest BCUT2D eigenvalue weighted by Crippen LogP contribution is -2.42. The number of aliphatic hydroxyl groups excluding tert-OH is 1. The summed E-state index contributed by atoms with van der Waals surface area (Å²) in [6.45, 7) is 3.03. The van der Waals surface area contributed by atoms with Crippen LogP contribution in [0.3, 0.4) is 0 Å². The van der Waals surface area contributed by atoms with Crippen molar-refractivity contribution in [3.05, 3.63) is 29.8 Å².